The number of ether oxygens (including phenoxy) is 2. The Bertz CT molecular complexity index is 1230. The standard InChI is InChI=1S/C26H29F3N4O4/c27-26(28,29)18-2-3-20-21(13-18)32-24(31-20)17-1-4-22(30-15-17)33-9-5-19(6-10-33)37-16-25(14-23(34)35)7-11-36-12-8-25/h1-4,13,15,19H,5-12,14,16H2,(H,31,32)(H,34,35). The number of alkyl halides is 3. The predicted molar refractivity (Wildman–Crippen MR) is 130 cm³/mol. The number of carbonyl (C=O) groups is 1. The van der Waals surface area contributed by atoms with E-state index >= 15 is 0 Å². The molecule has 2 aliphatic heterocycles. The molecule has 0 unspecified atom stereocenters. The van der Waals surface area contributed by atoms with Crippen LogP contribution in [0, 0.1) is 5.41 Å². The zero-order valence-electron chi connectivity index (χ0n) is 20.3. The van der Waals surface area contributed by atoms with Crippen LogP contribution in [0.25, 0.3) is 22.4 Å². The summed E-state index contributed by atoms with van der Waals surface area (Å²) in [6, 6.07) is 7.18. The molecule has 0 atom stereocenters. The number of rotatable bonds is 7. The summed E-state index contributed by atoms with van der Waals surface area (Å²) >= 11 is 0. The average molecular weight is 519 g/mol. The van der Waals surface area contributed by atoms with Crippen LogP contribution in [-0.4, -0.2) is 65.0 Å². The van der Waals surface area contributed by atoms with Crippen molar-refractivity contribution in [1.82, 2.24) is 15.0 Å². The maximum atomic E-state index is 13.0. The number of fused-ring (bicyclic) bond motifs is 1. The monoisotopic (exact) mass is 518 g/mol. The zero-order valence-corrected chi connectivity index (χ0v) is 20.3. The fourth-order valence-corrected chi connectivity index (χ4v) is 5.08. The number of anilines is 1. The summed E-state index contributed by atoms with van der Waals surface area (Å²) in [7, 11) is 0. The molecule has 0 saturated carbocycles. The van der Waals surface area contributed by atoms with E-state index in [-0.39, 0.29) is 17.9 Å². The van der Waals surface area contributed by atoms with Crippen LogP contribution in [0.3, 0.4) is 0 Å². The van der Waals surface area contributed by atoms with Crippen molar-refractivity contribution in [1.29, 1.82) is 0 Å². The highest BCUT2D eigenvalue weighted by molar-refractivity contribution is 5.80. The summed E-state index contributed by atoms with van der Waals surface area (Å²) in [5.41, 5.74) is 0.388. The smallest absolute Gasteiger partial charge is 0.416 e. The van der Waals surface area contributed by atoms with Crippen LogP contribution < -0.4 is 4.90 Å². The van der Waals surface area contributed by atoms with Crippen LogP contribution in [0.5, 0.6) is 0 Å². The van der Waals surface area contributed by atoms with Gasteiger partial charge in [-0.15, -0.1) is 0 Å². The Morgan fingerprint density at radius 1 is 1.19 bits per heavy atom. The highest BCUT2D eigenvalue weighted by atomic mass is 19.4. The lowest BCUT2D eigenvalue weighted by molar-refractivity contribution is -0.145. The third-order valence-corrected chi connectivity index (χ3v) is 7.30. The zero-order chi connectivity index (χ0) is 26.0. The van der Waals surface area contributed by atoms with Gasteiger partial charge in [0, 0.05) is 43.5 Å². The molecule has 198 valence electrons. The van der Waals surface area contributed by atoms with Crippen molar-refractivity contribution in [3.8, 4) is 11.4 Å². The van der Waals surface area contributed by atoms with Crippen LogP contribution in [-0.2, 0) is 20.4 Å². The van der Waals surface area contributed by atoms with Gasteiger partial charge in [0.05, 0.1) is 35.7 Å². The average Bonchev–Trinajstić information content (AvgIpc) is 3.31. The van der Waals surface area contributed by atoms with Gasteiger partial charge < -0.3 is 24.5 Å². The van der Waals surface area contributed by atoms with E-state index in [0.717, 1.165) is 43.9 Å². The van der Waals surface area contributed by atoms with Crippen LogP contribution in [0.2, 0.25) is 0 Å². The fraction of sp³-hybridized carbons (Fsp3) is 0.500. The van der Waals surface area contributed by atoms with Gasteiger partial charge in [-0.05, 0) is 56.0 Å². The largest absolute Gasteiger partial charge is 0.481 e. The molecule has 2 N–H and O–H groups in total. The molecule has 0 spiro atoms. The number of nitrogens with one attached hydrogen (secondary N) is 1. The van der Waals surface area contributed by atoms with Crippen LogP contribution in [0.1, 0.15) is 37.7 Å². The number of halogens is 3. The van der Waals surface area contributed by atoms with Gasteiger partial charge in [0.2, 0.25) is 0 Å². The molecule has 4 heterocycles. The van der Waals surface area contributed by atoms with Crippen molar-refractivity contribution in [3.05, 3.63) is 42.1 Å². The number of aromatic amines is 1. The molecule has 0 bridgehead atoms. The number of imidazole rings is 1. The van der Waals surface area contributed by atoms with E-state index < -0.39 is 17.7 Å². The van der Waals surface area contributed by atoms with Crippen LogP contribution >= 0.6 is 0 Å². The summed E-state index contributed by atoms with van der Waals surface area (Å²) in [4.78, 5) is 25.5. The maximum absolute atomic E-state index is 13.0. The number of hydrogen-bond acceptors (Lipinski definition) is 6. The summed E-state index contributed by atoms with van der Waals surface area (Å²) in [5.74, 6) is 0.469. The normalized spacial score (nSPS) is 18.8. The van der Waals surface area contributed by atoms with Crippen molar-refractivity contribution < 1.29 is 32.5 Å². The van der Waals surface area contributed by atoms with E-state index in [0.29, 0.717) is 55.1 Å². The summed E-state index contributed by atoms with van der Waals surface area (Å²) in [6.07, 6.45) is 0.447. The minimum Gasteiger partial charge on any atom is -0.481 e. The fourth-order valence-electron chi connectivity index (χ4n) is 5.08. The van der Waals surface area contributed by atoms with E-state index in [1.807, 2.05) is 12.1 Å². The van der Waals surface area contributed by atoms with E-state index in [9.17, 15) is 23.1 Å². The van der Waals surface area contributed by atoms with Gasteiger partial charge in [0.1, 0.15) is 11.6 Å². The number of H-pyrrole nitrogens is 1. The third-order valence-electron chi connectivity index (χ3n) is 7.30. The third kappa shape index (κ3) is 5.88. The lowest BCUT2D eigenvalue weighted by atomic mass is 9.78. The number of aliphatic carboxylic acids is 1. The van der Waals surface area contributed by atoms with Gasteiger partial charge in [-0.2, -0.15) is 13.2 Å². The molecule has 2 saturated heterocycles. The number of hydrogen-bond donors (Lipinski definition) is 2. The number of nitrogens with zero attached hydrogens (tertiary/aromatic N) is 3. The van der Waals surface area contributed by atoms with Gasteiger partial charge >= 0.3 is 12.1 Å². The maximum Gasteiger partial charge on any atom is 0.416 e. The molecular formula is C26H29F3N4O4. The van der Waals surface area contributed by atoms with Gasteiger partial charge in [-0.1, -0.05) is 0 Å². The van der Waals surface area contributed by atoms with Crippen molar-refractivity contribution in [2.24, 2.45) is 5.41 Å². The first-order valence-electron chi connectivity index (χ1n) is 12.4. The van der Waals surface area contributed by atoms with Crippen LogP contribution in [0.4, 0.5) is 19.0 Å². The lowest BCUT2D eigenvalue weighted by Crippen LogP contribution is -2.41. The molecule has 5 rings (SSSR count). The quantitative estimate of drug-likeness (QED) is 0.459. The molecule has 37 heavy (non-hydrogen) atoms. The van der Waals surface area contributed by atoms with E-state index in [1.165, 1.54) is 6.07 Å². The first kappa shape index (κ1) is 25.5. The van der Waals surface area contributed by atoms with Crippen molar-refractivity contribution in [3.63, 3.8) is 0 Å². The molecule has 8 nitrogen and oxygen atoms in total. The van der Waals surface area contributed by atoms with Crippen LogP contribution in [0.15, 0.2) is 36.5 Å². The predicted octanol–water partition coefficient (Wildman–Crippen LogP) is 4.90. The molecule has 0 amide bonds. The van der Waals surface area contributed by atoms with E-state index in [4.69, 9.17) is 9.47 Å². The Morgan fingerprint density at radius 3 is 2.59 bits per heavy atom. The topological polar surface area (TPSA) is 101 Å². The second kappa shape index (κ2) is 10.3. The molecule has 2 aliphatic rings. The highest BCUT2D eigenvalue weighted by Crippen LogP contribution is 2.36. The van der Waals surface area contributed by atoms with Crippen molar-refractivity contribution >= 4 is 22.8 Å². The summed E-state index contributed by atoms with van der Waals surface area (Å²) < 4.78 is 50.6. The molecule has 1 aromatic carbocycles. The van der Waals surface area contributed by atoms with Gasteiger partial charge in [-0.3, -0.25) is 4.79 Å². The number of pyridine rings is 1. The number of carboxylic acids is 1. The number of benzene rings is 1. The molecule has 0 aliphatic carbocycles. The summed E-state index contributed by atoms with van der Waals surface area (Å²) in [6.45, 7) is 3.09. The minimum atomic E-state index is -4.41. The lowest BCUT2D eigenvalue weighted by Gasteiger charge is -2.38. The van der Waals surface area contributed by atoms with Gasteiger partial charge in [0.25, 0.3) is 0 Å². The molecule has 2 aromatic heterocycles. The Hall–Kier alpha value is -3.18. The van der Waals surface area contributed by atoms with Crippen molar-refractivity contribution in [2.45, 2.75) is 44.4 Å². The van der Waals surface area contributed by atoms with Crippen molar-refractivity contribution in [2.75, 3.05) is 37.8 Å². The summed E-state index contributed by atoms with van der Waals surface area (Å²) in [5, 5.41) is 9.34. The molecular weight excluding hydrogens is 489 g/mol. The number of aromatic nitrogens is 3. The SMILES string of the molecule is O=C(O)CC1(COC2CCN(c3ccc(-c4nc5ccc(C(F)(F)F)cc5[nH]4)cn3)CC2)CCOCC1. The molecule has 2 fully saturated rings. The molecule has 11 heteroatoms. The molecule has 0 radical (unpaired) electrons. The second-order valence-corrected chi connectivity index (χ2v) is 9.90. The number of carboxylic acid groups (broad SMARTS) is 1. The van der Waals surface area contributed by atoms with Gasteiger partial charge in [0.15, 0.2) is 0 Å². The Balaban J connectivity index is 1.18. The van der Waals surface area contributed by atoms with Gasteiger partial charge in [-0.25, -0.2) is 9.97 Å². The Morgan fingerprint density at radius 2 is 1.95 bits per heavy atom. The minimum absolute atomic E-state index is 0.0705. The Labute approximate surface area is 211 Å². The van der Waals surface area contributed by atoms with E-state index in [1.54, 1.807) is 6.20 Å². The Kier molecular flexibility index (Phi) is 7.09. The first-order valence-corrected chi connectivity index (χ1v) is 12.4. The molecule has 3 aromatic rings. The van der Waals surface area contributed by atoms with E-state index in [2.05, 4.69) is 19.9 Å². The first-order chi connectivity index (χ1) is 17.7. The second-order valence-electron chi connectivity index (χ2n) is 9.90. The highest BCUT2D eigenvalue weighted by Gasteiger charge is 2.36. The number of piperidine rings is 1.